The molecule has 0 saturated carbocycles. The first-order valence-corrected chi connectivity index (χ1v) is 10.3. The molecule has 1 aliphatic rings. The number of nitrogens with one attached hydrogen (secondary N) is 2. The molecular formula is C17H19F2N5O6S. The first-order valence-electron chi connectivity index (χ1n) is 8.90. The van der Waals surface area contributed by atoms with E-state index in [1.807, 2.05) is 0 Å². The number of alkyl halides is 2. The third-order valence-corrected chi connectivity index (χ3v) is 6.36. The molecular weight excluding hydrogens is 440 g/mol. The van der Waals surface area contributed by atoms with Crippen LogP contribution in [-0.4, -0.2) is 54.5 Å². The van der Waals surface area contributed by atoms with Crippen molar-refractivity contribution in [1.82, 2.24) is 15.1 Å². The lowest BCUT2D eigenvalue weighted by molar-refractivity contribution is -0.119. The number of nitrogens with zero attached hydrogens (tertiary/aromatic N) is 3. The molecule has 1 atom stereocenters. The maximum absolute atomic E-state index is 13.4. The van der Waals surface area contributed by atoms with Gasteiger partial charge in [0, 0.05) is 12.6 Å². The zero-order valence-electron chi connectivity index (χ0n) is 16.4. The fourth-order valence-corrected chi connectivity index (χ4v) is 4.73. The summed E-state index contributed by atoms with van der Waals surface area (Å²) in [5.74, 6) is -0.237. The van der Waals surface area contributed by atoms with Crippen LogP contribution in [0.5, 0.6) is 5.75 Å². The normalized spacial score (nSPS) is 15.9. The highest BCUT2D eigenvalue weighted by Crippen LogP contribution is 2.39. The summed E-state index contributed by atoms with van der Waals surface area (Å²) in [5.41, 5.74) is -0.175. The van der Waals surface area contributed by atoms with Gasteiger partial charge in [-0.15, -0.1) is 0 Å². The van der Waals surface area contributed by atoms with Crippen molar-refractivity contribution in [3.8, 4) is 5.75 Å². The van der Waals surface area contributed by atoms with Crippen LogP contribution in [0.4, 0.5) is 25.0 Å². The summed E-state index contributed by atoms with van der Waals surface area (Å²) >= 11 is 0. The lowest BCUT2D eigenvalue weighted by Crippen LogP contribution is -2.48. The van der Waals surface area contributed by atoms with Crippen molar-refractivity contribution in [3.63, 3.8) is 0 Å². The number of benzene rings is 1. The van der Waals surface area contributed by atoms with E-state index in [1.54, 1.807) is 0 Å². The first kappa shape index (κ1) is 22.3. The van der Waals surface area contributed by atoms with Crippen LogP contribution in [0.3, 0.4) is 0 Å². The fraction of sp³-hybridized carbons (Fsp3) is 0.353. The Hall–Kier alpha value is -3.42. The minimum absolute atomic E-state index is 0.00873. The molecule has 31 heavy (non-hydrogen) atoms. The van der Waals surface area contributed by atoms with Crippen LogP contribution in [0.15, 0.2) is 29.3 Å². The van der Waals surface area contributed by atoms with Gasteiger partial charge in [-0.25, -0.2) is 17.9 Å². The summed E-state index contributed by atoms with van der Waals surface area (Å²) in [4.78, 5) is 21.8. The van der Waals surface area contributed by atoms with E-state index in [4.69, 9.17) is 9.84 Å². The number of hydrogen-bond acceptors (Lipinski definition) is 6. The summed E-state index contributed by atoms with van der Waals surface area (Å²) in [7, 11) is -4.39. The zero-order chi connectivity index (χ0) is 22.9. The van der Waals surface area contributed by atoms with Crippen molar-refractivity contribution < 1.29 is 36.6 Å². The number of sulfonamides is 1. The predicted molar refractivity (Wildman–Crippen MR) is 104 cm³/mol. The Balaban J connectivity index is 2.07. The maximum Gasteiger partial charge on any atom is 0.409 e. The second-order valence-corrected chi connectivity index (χ2v) is 8.47. The number of hydrogen-bond donors (Lipinski definition) is 3. The van der Waals surface area contributed by atoms with Crippen LogP contribution in [-0.2, 0) is 14.8 Å². The Labute approximate surface area is 175 Å². The molecule has 168 valence electrons. The summed E-state index contributed by atoms with van der Waals surface area (Å²) in [6, 6.07) is 4.00. The first-order chi connectivity index (χ1) is 14.5. The van der Waals surface area contributed by atoms with Gasteiger partial charge in [0.1, 0.15) is 16.7 Å². The van der Waals surface area contributed by atoms with Crippen LogP contribution < -0.4 is 19.7 Å². The number of anilines is 2. The predicted octanol–water partition coefficient (Wildman–Crippen LogP) is 1.77. The lowest BCUT2D eigenvalue weighted by Gasteiger charge is -2.35. The van der Waals surface area contributed by atoms with Gasteiger partial charge in [0.15, 0.2) is 0 Å². The number of ether oxygens (including phenoxy) is 1. The van der Waals surface area contributed by atoms with Gasteiger partial charge in [-0.3, -0.25) is 14.4 Å². The Bertz CT molecular complexity index is 1120. The minimum Gasteiger partial charge on any atom is -0.484 e. The second-order valence-electron chi connectivity index (χ2n) is 6.64. The second kappa shape index (κ2) is 8.37. The van der Waals surface area contributed by atoms with Crippen molar-refractivity contribution in [3.05, 3.63) is 30.1 Å². The summed E-state index contributed by atoms with van der Waals surface area (Å²) in [6.07, 6.45) is -1.31. The van der Waals surface area contributed by atoms with E-state index in [2.05, 4.69) is 15.7 Å². The number of carbonyl (C=O) groups excluding carboxylic acids is 1. The van der Waals surface area contributed by atoms with Gasteiger partial charge in [0.2, 0.25) is 5.91 Å². The number of amides is 2. The zero-order valence-corrected chi connectivity index (χ0v) is 17.2. The third-order valence-electron chi connectivity index (χ3n) is 4.47. The number of rotatable bonds is 6. The summed E-state index contributed by atoms with van der Waals surface area (Å²) in [5, 5.41) is 17.0. The molecule has 0 saturated heterocycles. The molecule has 0 aliphatic carbocycles. The SMILES string of the molecule is CC(=O)NCC1CN(S(=O)(=O)c2cnn(C(F)F)c2C)c2cc(NC(=O)O)ccc2O1. The van der Waals surface area contributed by atoms with Crippen LogP contribution >= 0.6 is 0 Å². The monoisotopic (exact) mass is 459 g/mol. The third kappa shape index (κ3) is 4.52. The maximum atomic E-state index is 13.4. The van der Waals surface area contributed by atoms with E-state index in [9.17, 15) is 26.8 Å². The van der Waals surface area contributed by atoms with Gasteiger partial charge in [0.25, 0.3) is 10.0 Å². The number of carboxylic acid groups (broad SMARTS) is 1. The van der Waals surface area contributed by atoms with Gasteiger partial charge in [-0.2, -0.15) is 13.9 Å². The average Bonchev–Trinajstić information content (AvgIpc) is 3.07. The highest BCUT2D eigenvalue weighted by Gasteiger charge is 2.37. The molecule has 1 aliphatic heterocycles. The molecule has 0 spiro atoms. The lowest BCUT2D eigenvalue weighted by atomic mass is 10.2. The Morgan fingerprint density at radius 1 is 1.39 bits per heavy atom. The number of halogens is 2. The standard InChI is InChI=1S/C17H19F2N5O6S/c1-9-15(7-21-24(9)16(18)19)31(28,29)23-8-12(6-20-10(2)25)30-14-4-3-11(5-13(14)23)22-17(26)27/h3-5,7,12,16,22H,6,8H2,1-2H3,(H,20,25)(H,26,27). The molecule has 0 bridgehead atoms. The van der Waals surface area contributed by atoms with Gasteiger partial charge in [-0.1, -0.05) is 0 Å². The number of aromatic nitrogens is 2. The van der Waals surface area contributed by atoms with E-state index >= 15 is 0 Å². The van der Waals surface area contributed by atoms with Gasteiger partial charge in [0.05, 0.1) is 30.7 Å². The Morgan fingerprint density at radius 2 is 2.10 bits per heavy atom. The van der Waals surface area contributed by atoms with Crippen LogP contribution in [0.25, 0.3) is 0 Å². The molecule has 1 aromatic carbocycles. The van der Waals surface area contributed by atoms with Crippen molar-refractivity contribution in [2.24, 2.45) is 0 Å². The van der Waals surface area contributed by atoms with Gasteiger partial charge in [-0.05, 0) is 25.1 Å². The molecule has 2 amide bonds. The van der Waals surface area contributed by atoms with E-state index < -0.39 is 33.7 Å². The van der Waals surface area contributed by atoms with Crippen molar-refractivity contribution >= 4 is 33.4 Å². The van der Waals surface area contributed by atoms with Crippen molar-refractivity contribution in [1.29, 1.82) is 0 Å². The molecule has 1 aromatic heterocycles. The van der Waals surface area contributed by atoms with Crippen LogP contribution in [0.1, 0.15) is 19.2 Å². The summed E-state index contributed by atoms with van der Waals surface area (Å²) < 4.78 is 59.9. The van der Waals surface area contributed by atoms with Crippen molar-refractivity contribution in [2.75, 3.05) is 22.7 Å². The Kier molecular flexibility index (Phi) is 6.01. The highest BCUT2D eigenvalue weighted by atomic mass is 32.2. The number of fused-ring (bicyclic) bond motifs is 1. The van der Waals surface area contributed by atoms with E-state index in [1.165, 1.54) is 32.0 Å². The summed E-state index contributed by atoms with van der Waals surface area (Å²) in [6.45, 7) is -0.807. The topological polar surface area (TPSA) is 143 Å². The van der Waals surface area contributed by atoms with Crippen molar-refractivity contribution in [2.45, 2.75) is 31.4 Å². The minimum atomic E-state index is -4.39. The molecule has 2 aromatic rings. The van der Waals surface area contributed by atoms with Crippen LogP contribution in [0, 0.1) is 6.92 Å². The molecule has 0 radical (unpaired) electrons. The van der Waals surface area contributed by atoms with Gasteiger partial charge < -0.3 is 15.2 Å². The van der Waals surface area contributed by atoms with Gasteiger partial charge >= 0.3 is 12.6 Å². The fourth-order valence-electron chi connectivity index (χ4n) is 3.08. The van der Waals surface area contributed by atoms with E-state index in [0.29, 0.717) is 0 Å². The molecule has 1 unspecified atom stereocenters. The molecule has 11 nitrogen and oxygen atoms in total. The quantitative estimate of drug-likeness (QED) is 0.597. The largest absolute Gasteiger partial charge is 0.484 e. The van der Waals surface area contributed by atoms with E-state index in [0.717, 1.165) is 10.5 Å². The Morgan fingerprint density at radius 3 is 2.68 bits per heavy atom. The molecule has 3 rings (SSSR count). The molecule has 0 fully saturated rings. The molecule has 2 heterocycles. The average molecular weight is 459 g/mol. The number of carbonyl (C=O) groups is 2. The molecule has 14 heteroatoms. The van der Waals surface area contributed by atoms with E-state index in [-0.39, 0.29) is 46.5 Å². The highest BCUT2D eigenvalue weighted by molar-refractivity contribution is 7.92. The smallest absolute Gasteiger partial charge is 0.409 e. The van der Waals surface area contributed by atoms with Crippen LogP contribution in [0.2, 0.25) is 0 Å². The molecule has 3 N–H and O–H groups in total.